The molecule has 0 radical (unpaired) electrons. The summed E-state index contributed by atoms with van der Waals surface area (Å²) in [5.74, 6) is 0.669. The van der Waals surface area contributed by atoms with Crippen molar-refractivity contribution >= 4 is 5.91 Å². The Morgan fingerprint density at radius 2 is 1.87 bits per heavy atom. The Hall–Kier alpha value is -0.570. The van der Waals surface area contributed by atoms with Gasteiger partial charge >= 0.3 is 0 Å². The molecule has 1 saturated carbocycles. The van der Waals surface area contributed by atoms with Gasteiger partial charge in [-0.3, -0.25) is 4.79 Å². The molecule has 1 N–H and O–H groups in total. The smallest absolute Gasteiger partial charge is 0.249 e. The summed E-state index contributed by atoms with van der Waals surface area (Å²) in [6, 6.07) is 0.287. The first-order valence-electron chi connectivity index (χ1n) is 5.98. The molecule has 1 aliphatic carbocycles. The third kappa shape index (κ3) is 3.82. The number of methoxy groups -OCH3 is 1. The van der Waals surface area contributed by atoms with Gasteiger partial charge in [-0.15, -0.1) is 0 Å². The Kier molecular flexibility index (Phi) is 5.09. The maximum absolute atomic E-state index is 11.6. The Balaban J connectivity index is 2.33. The van der Waals surface area contributed by atoms with E-state index in [0.717, 1.165) is 0 Å². The van der Waals surface area contributed by atoms with Crippen molar-refractivity contribution in [2.24, 2.45) is 5.92 Å². The largest absolute Gasteiger partial charge is 0.372 e. The minimum atomic E-state index is -0.337. The fourth-order valence-corrected chi connectivity index (χ4v) is 2.20. The van der Waals surface area contributed by atoms with Crippen molar-refractivity contribution in [2.45, 2.75) is 58.1 Å². The van der Waals surface area contributed by atoms with Gasteiger partial charge in [0, 0.05) is 13.2 Å². The second-order valence-electron chi connectivity index (χ2n) is 4.57. The van der Waals surface area contributed by atoms with Gasteiger partial charge in [0.25, 0.3) is 0 Å². The second-order valence-corrected chi connectivity index (χ2v) is 4.57. The van der Waals surface area contributed by atoms with Crippen LogP contribution >= 0.6 is 0 Å². The van der Waals surface area contributed by atoms with Crippen LogP contribution in [0.4, 0.5) is 0 Å². The van der Waals surface area contributed by atoms with E-state index in [9.17, 15) is 4.79 Å². The highest BCUT2D eigenvalue weighted by molar-refractivity contribution is 5.80. The van der Waals surface area contributed by atoms with E-state index >= 15 is 0 Å². The summed E-state index contributed by atoms with van der Waals surface area (Å²) in [4.78, 5) is 11.6. The number of carbonyl (C=O) groups is 1. The first kappa shape index (κ1) is 12.5. The Labute approximate surface area is 92.6 Å². The third-order valence-corrected chi connectivity index (χ3v) is 3.45. The van der Waals surface area contributed by atoms with Gasteiger partial charge in [-0.1, -0.05) is 19.3 Å². The highest BCUT2D eigenvalue weighted by Crippen LogP contribution is 2.26. The molecule has 0 aromatic carbocycles. The van der Waals surface area contributed by atoms with E-state index < -0.39 is 0 Å². The molecule has 1 amide bonds. The predicted molar refractivity (Wildman–Crippen MR) is 60.7 cm³/mol. The molecule has 1 rings (SSSR count). The molecule has 1 fully saturated rings. The highest BCUT2D eigenvalue weighted by atomic mass is 16.5. The van der Waals surface area contributed by atoms with Crippen LogP contribution in [0.1, 0.15) is 46.0 Å². The molecule has 15 heavy (non-hydrogen) atoms. The summed E-state index contributed by atoms with van der Waals surface area (Å²) in [5, 5.41) is 3.04. The van der Waals surface area contributed by atoms with Crippen molar-refractivity contribution in [3.8, 4) is 0 Å². The lowest BCUT2D eigenvalue weighted by atomic mass is 9.84. The van der Waals surface area contributed by atoms with Gasteiger partial charge in [0.1, 0.15) is 6.10 Å². The number of hydrogen-bond acceptors (Lipinski definition) is 2. The van der Waals surface area contributed by atoms with Crippen LogP contribution in [0, 0.1) is 5.92 Å². The van der Waals surface area contributed by atoms with Crippen molar-refractivity contribution in [3.05, 3.63) is 0 Å². The van der Waals surface area contributed by atoms with Gasteiger partial charge in [0.15, 0.2) is 0 Å². The van der Waals surface area contributed by atoms with E-state index in [1.54, 1.807) is 14.0 Å². The summed E-state index contributed by atoms with van der Waals surface area (Å²) < 4.78 is 4.99. The van der Waals surface area contributed by atoms with Crippen LogP contribution in [0.2, 0.25) is 0 Å². The van der Waals surface area contributed by atoms with Crippen LogP contribution in [0.15, 0.2) is 0 Å². The quantitative estimate of drug-likeness (QED) is 0.776. The average molecular weight is 213 g/mol. The molecule has 3 heteroatoms. The predicted octanol–water partition coefficient (Wildman–Crippen LogP) is 2.11. The molecule has 0 aromatic heterocycles. The van der Waals surface area contributed by atoms with Gasteiger partial charge < -0.3 is 10.1 Å². The lowest BCUT2D eigenvalue weighted by molar-refractivity contribution is -0.131. The van der Waals surface area contributed by atoms with Gasteiger partial charge in [0.05, 0.1) is 0 Å². The molecule has 0 bridgehead atoms. The zero-order valence-electron chi connectivity index (χ0n) is 10.1. The molecule has 1 aliphatic rings. The molecule has 0 aromatic rings. The molecular weight excluding hydrogens is 190 g/mol. The average Bonchev–Trinajstić information content (AvgIpc) is 2.29. The number of hydrogen-bond donors (Lipinski definition) is 1. The van der Waals surface area contributed by atoms with Gasteiger partial charge in [-0.25, -0.2) is 0 Å². The van der Waals surface area contributed by atoms with E-state index in [0.29, 0.717) is 5.92 Å². The SMILES string of the molecule is COC(C)C(=O)N[C@@H](C)C1CCCCC1. The molecule has 0 saturated heterocycles. The first-order valence-corrected chi connectivity index (χ1v) is 5.98. The molecule has 88 valence electrons. The van der Waals surface area contributed by atoms with Gasteiger partial charge in [0.2, 0.25) is 5.91 Å². The van der Waals surface area contributed by atoms with Crippen LogP contribution in [0.3, 0.4) is 0 Å². The van der Waals surface area contributed by atoms with E-state index in [1.165, 1.54) is 32.1 Å². The molecule has 0 spiro atoms. The zero-order valence-corrected chi connectivity index (χ0v) is 10.1. The molecule has 0 heterocycles. The monoisotopic (exact) mass is 213 g/mol. The summed E-state index contributed by atoms with van der Waals surface area (Å²) >= 11 is 0. The Morgan fingerprint density at radius 1 is 1.27 bits per heavy atom. The van der Waals surface area contributed by atoms with Crippen LogP contribution in [-0.4, -0.2) is 25.2 Å². The minimum Gasteiger partial charge on any atom is -0.372 e. The molecular formula is C12H23NO2. The summed E-state index contributed by atoms with van der Waals surface area (Å²) in [6.45, 7) is 3.89. The van der Waals surface area contributed by atoms with Crippen molar-refractivity contribution < 1.29 is 9.53 Å². The number of amides is 1. The number of ether oxygens (including phenoxy) is 1. The van der Waals surface area contributed by atoms with Crippen LogP contribution in [-0.2, 0) is 9.53 Å². The minimum absolute atomic E-state index is 0.00979. The summed E-state index contributed by atoms with van der Waals surface area (Å²) in [5.41, 5.74) is 0. The molecule has 0 aliphatic heterocycles. The van der Waals surface area contributed by atoms with E-state index in [-0.39, 0.29) is 18.1 Å². The van der Waals surface area contributed by atoms with Crippen molar-refractivity contribution in [3.63, 3.8) is 0 Å². The number of rotatable bonds is 4. The molecule has 3 nitrogen and oxygen atoms in total. The maximum atomic E-state index is 11.6. The van der Waals surface area contributed by atoms with E-state index in [4.69, 9.17) is 4.74 Å². The highest BCUT2D eigenvalue weighted by Gasteiger charge is 2.22. The molecule has 2 atom stereocenters. The van der Waals surface area contributed by atoms with E-state index in [2.05, 4.69) is 12.2 Å². The Morgan fingerprint density at radius 3 is 2.40 bits per heavy atom. The van der Waals surface area contributed by atoms with Gasteiger partial charge in [-0.05, 0) is 32.6 Å². The fourth-order valence-electron chi connectivity index (χ4n) is 2.20. The van der Waals surface area contributed by atoms with Crippen LogP contribution in [0.25, 0.3) is 0 Å². The lowest BCUT2D eigenvalue weighted by Crippen LogP contribution is -2.43. The van der Waals surface area contributed by atoms with Crippen molar-refractivity contribution in [1.29, 1.82) is 0 Å². The van der Waals surface area contributed by atoms with E-state index in [1.807, 2.05) is 0 Å². The standard InChI is InChI=1S/C12H23NO2/c1-9(11-7-5-4-6-8-11)13-12(14)10(2)15-3/h9-11H,4-8H2,1-3H3,(H,13,14)/t9-,10?/m0/s1. The normalized spacial score (nSPS) is 22.1. The Bertz CT molecular complexity index is 200. The van der Waals surface area contributed by atoms with Gasteiger partial charge in [-0.2, -0.15) is 0 Å². The summed E-state index contributed by atoms with van der Waals surface area (Å²) in [6.07, 6.45) is 6.14. The fraction of sp³-hybridized carbons (Fsp3) is 0.917. The second kappa shape index (κ2) is 6.11. The number of nitrogens with one attached hydrogen (secondary N) is 1. The summed E-state index contributed by atoms with van der Waals surface area (Å²) in [7, 11) is 1.57. The lowest BCUT2D eigenvalue weighted by Gasteiger charge is -2.28. The van der Waals surface area contributed by atoms with Crippen molar-refractivity contribution in [2.75, 3.05) is 7.11 Å². The molecule has 1 unspecified atom stereocenters. The maximum Gasteiger partial charge on any atom is 0.249 e. The topological polar surface area (TPSA) is 38.3 Å². The number of carbonyl (C=O) groups excluding carboxylic acids is 1. The van der Waals surface area contributed by atoms with Crippen LogP contribution < -0.4 is 5.32 Å². The third-order valence-electron chi connectivity index (χ3n) is 3.45. The first-order chi connectivity index (χ1) is 7.15. The van der Waals surface area contributed by atoms with Crippen LogP contribution in [0.5, 0.6) is 0 Å². The van der Waals surface area contributed by atoms with Crippen molar-refractivity contribution in [1.82, 2.24) is 5.32 Å². The zero-order chi connectivity index (χ0) is 11.3.